The molecule has 0 saturated carbocycles. The zero-order chi connectivity index (χ0) is 60.8. The Morgan fingerprint density at radius 3 is 0.845 bits per heavy atom. The highest BCUT2D eigenvalue weighted by atomic mass is 15.2. The summed E-state index contributed by atoms with van der Waals surface area (Å²) in [6, 6.07) is 47.3. The Bertz CT molecular complexity index is 3640. The van der Waals surface area contributed by atoms with Gasteiger partial charge in [-0.25, -0.2) is 0 Å². The average Bonchev–Trinajstić information content (AvgIpc) is 0.808. The topological polar surface area (TPSA) is 19.4 Å². The molecule has 6 aromatic rings. The van der Waals surface area contributed by atoms with E-state index >= 15 is 0 Å². The van der Waals surface area contributed by atoms with E-state index in [1.165, 1.54) is 101 Å². The lowest BCUT2D eigenvalue weighted by Gasteiger charge is -2.54. The first-order valence-corrected chi connectivity index (χ1v) is 32.1. The summed E-state index contributed by atoms with van der Waals surface area (Å²) in [4.78, 5) is 15.4. The number of rotatable bonds is 5. The first-order chi connectivity index (χ1) is 39.2. The summed E-state index contributed by atoms with van der Waals surface area (Å²) < 4.78 is 0. The summed E-state index contributed by atoms with van der Waals surface area (Å²) in [6.07, 6.45) is 2.45. The van der Waals surface area contributed by atoms with Gasteiger partial charge in [0, 0.05) is 134 Å². The van der Waals surface area contributed by atoms with Crippen LogP contribution < -0.4 is 29.4 Å². The van der Waals surface area contributed by atoms with E-state index in [1.807, 2.05) is 0 Å². The van der Waals surface area contributed by atoms with E-state index in [4.69, 9.17) is 0 Å². The van der Waals surface area contributed by atoms with Crippen LogP contribution in [-0.2, 0) is 0 Å². The molecule has 0 fully saturated rings. The van der Waals surface area contributed by atoms with Gasteiger partial charge in [0.2, 0.25) is 0 Å². The Morgan fingerprint density at radius 1 is 0.286 bits per heavy atom. The number of para-hydroxylation sites is 1. The first kappa shape index (κ1) is 58.3. The Hall–Kier alpha value is -6.14. The van der Waals surface area contributed by atoms with E-state index in [-0.39, 0.29) is 62.8 Å². The second-order valence-electron chi connectivity index (χ2n) is 31.0. The zero-order valence-corrected chi connectivity index (χ0v) is 56.0. The summed E-state index contributed by atoms with van der Waals surface area (Å²) in [5.41, 5.74) is 24.8. The van der Waals surface area contributed by atoms with Gasteiger partial charge < -0.3 is 29.4 Å². The Kier molecular flexibility index (Phi) is 13.3. The van der Waals surface area contributed by atoms with Crippen LogP contribution in [0.25, 0.3) is 6.08 Å². The van der Waals surface area contributed by atoms with Gasteiger partial charge >= 0.3 is 0 Å². The van der Waals surface area contributed by atoms with Gasteiger partial charge in [0.25, 0.3) is 0 Å². The van der Waals surface area contributed by atoms with Gasteiger partial charge in [-0.05, 0) is 229 Å². The number of hydrogen-bond donors (Lipinski definition) is 0. The normalized spacial score (nSPS) is 29.2. The van der Waals surface area contributed by atoms with Gasteiger partial charge in [-0.15, -0.1) is 0 Å². The predicted octanol–water partition coefficient (Wildman–Crippen LogP) is 18.3. The summed E-state index contributed by atoms with van der Waals surface area (Å²) >= 11 is 0. The standard InChI is InChI=1S/C78H102N6/c1-45-39-56-40-51(29-34-62(56)79(19)73(45,7)8)69-47(3)75(11,12)81(21)64-36-31-53(42-58(64)69)71-49(5)77(15,16)83(23)66-38-33-55(44-60(66)71)72-50(6)78(17,18)84(24)67-37-32-54(43-61(67)72)70-48(4)76(13,14)82(22)65-35-30-52(41-59(65)70)68-46(2)74(9,10)80(20)63-28-26-25-27-57(63)68/h25-44,46-50,68-72H,1-24H3. The maximum atomic E-state index is 2.69. The second-order valence-corrected chi connectivity index (χ2v) is 31.0. The van der Waals surface area contributed by atoms with Gasteiger partial charge in [-0.3, -0.25) is 0 Å². The molecule has 0 aromatic heterocycles. The van der Waals surface area contributed by atoms with Crippen LogP contribution in [0.1, 0.15) is 215 Å². The number of hydrogen-bond acceptors (Lipinski definition) is 6. The predicted molar refractivity (Wildman–Crippen MR) is 362 cm³/mol. The molecule has 6 aliphatic heterocycles. The third kappa shape index (κ3) is 8.05. The van der Waals surface area contributed by atoms with Gasteiger partial charge in [-0.1, -0.05) is 113 Å². The number of fused-ring (bicyclic) bond motifs is 6. The lowest BCUT2D eigenvalue weighted by atomic mass is 9.63. The van der Waals surface area contributed by atoms with Crippen molar-refractivity contribution in [3.63, 3.8) is 0 Å². The number of anilines is 6. The highest BCUT2D eigenvalue weighted by Gasteiger charge is 2.51. The van der Waals surface area contributed by atoms with Crippen LogP contribution in [0.4, 0.5) is 34.1 Å². The van der Waals surface area contributed by atoms with Gasteiger partial charge in [0.15, 0.2) is 0 Å². The van der Waals surface area contributed by atoms with Gasteiger partial charge in [0.05, 0.1) is 5.54 Å². The van der Waals surface area contributed by atoms with Crippen molar-refractivity contribution in [3.05, 3.63) is 182 Å². The minimum Gasteiger partial charge on any atom is -0.369 e. The Labute approximate surface area is 508 Å². The minimum absolute atomic E-state index is 0.0168. The first-order valence-electron chi connectivity index (χ1n) is 32.1. The van der Waals surface area contributed by atoms with E-state index in [2.05, 4.69) is 318 Å². The van der Waals surface area contributed by atoms with Crippen LogP contribution >= 0.6 is 0 Å². The fourth-order valence-corrected chi connectivity index (χ4v) is 17.3. The molecule has 444 valence electrons. The minimum atomic E-state index is -0.0967. The molecule has 0 bridgehead atoms. The van der Waals surface area contributed by atoms with Crippen LogP contribution in [0.5, 0.6) is 0 Å². The molecule has 0 amide bonds. The van der Waals surface area contributed by atoms with E-state index in [0.29, 0.717) is 29.6 Å². The van der Waals surface area contributed by atoms with E-state index in [0.717, 1.165) is 0 Å². The number of nitrogens with zero attached hydrogens (tertiary/aromatic N) is 6. The fraction of sp³-hybridized carbons (Fsp3) is 0.513. The monoisotopic (exact) mass is 1120 g/mol. The quantitative estimate of drug-likeness (QED) is 0.170. The average molecular weight is 1120 g/mol. The molecular formula is C78H102N6. The SMILES string of the molecule is CC1=Cc2cc(C3c4cc(C5c6cc(C7c8cc(C9c%10cc(C%11c%12ccccc%12N(C)C(C)(C)C%11C)ccc%10N(C)C(C)(C)C9C)ccc8N(C)C(C)(C)C7C)ccc6N(C)C(C)(C)C5C)ccc4N(C)C(C)(C)C3C)ccc2N(C)C1(C)C. The van der Waals surface area contributed by atoms with Crippen molar-refractivity contribution in [1.29, 1.82) is 0 Å². The summed E-state index contributed by atoms with van der Waals surface area (Å²) in [5, 5.41) is 0. The number of likely N-dealkylation sites (N-methyl/N-ethyl adjacent to an activating group) is 1. The maximum absolute atomic E-state index is 2.69. The largest absolute Gasteiger partial charge is 0.369 e. The highest BCUT2D eigenvalue weighted by Crippen LogP contribution is 2.59. The molecule has 10 unspecified atom stereocenters. The van der Waals surface area contributed by atoms with Crippen molar-refractivity contribution >= 4 is 40.2 Å². The maximum Gasteiger partial charge on any atom is 0.0555 e. The zero-order valence-electron chi connectivity index (χ0n) is 56.0. The molecule has 6 aromatic carbocycles. The summed E-state index contributed by atoms with van der Waals surface area (Å²) in [5.74, 6) is 2.85. The van der Waals surface area contributed by atoms with Gasteiger partial charge in [0.1, 0.15) is 0 Å². The molecule has 0 radical (unpaired) electrons. The molecule has 6 heteroatoms. The summed E-state index contributed by atoms with van der Waals surface area (Å²) in [7, 11) is 13.9. The fourth-order valence-electron chi connectivity index (χ4n) is 17.3. The molecule has 6 nitrogen and oxygen atoms in total. The smallest absolute Gasteiger partial charge is 0.0555 e. The van der Waals surface area contributed by atoms with Crippen molar-refractivity contribution in [2.75, 3.05) is 71.7 Å². The molecule has 12 rings (SSSR count). The molecular weight excluding hydrogens is 1020 g/mol. The third-order valence-electron chi connectivity index (χ3n) is 26.4. The molecule has 6 heterocycles. The van der Waals surface area contributed by atoms with Crippen molar-refractivity contribution < 1.29 is 0 Å². The number of benzene rings is 6. The van der Waals surface area contributed by atoms with E-state index in [9.17, 15) is 0 Å². The molecule has 0 saturated heterocycles. The van der Waals surface area contributed by atoms with Crippen molar-refractivity contribution in [2.24, 2.45) is 29.6 Å². The van der Waals surface area contributed by atoms with E-state index in [1.54, 1.807) is 0 Å². The Morgan fingerprint density at radius 2 is 0.536 bits per heavy atom. The lowest BCUT2D eigenvalue weighted by molar-refractivity contribution is 0.277. The molecule has 0 aliphatic carbocycles. The van der Waals surface area contributed by atoms with Crippen LogP contribution in [-0.4, -0.2) is 75.5 Å². The Balaban J connectivity index is 0.996. The molecule has 6 aliphatic rings. The molecule has 0 N–H and O–H groups in total. The van der Waals surface area contributed by atoms with Crippen LogP contribution in [0.2, 0.25) is 0 Å². The lowest BCUT2D eigenvalue weighted by Crippen LogP contribution is -2.53. The molecule has 10 atom stereocenters. The third-order valence-corrected chi connectivity index (χ3v) is 26.4. The molecule has 84 heavy (non-hydrogen) atoms. The van der Waals surface area contributed by atoms with E-state index < -0.39 is 0 Å². The summed E-state index contributed by atoms with van der Waals surface area (Å²) in [6.45, 7) is 44.2. The van der Waals surface area contributed by atoms with Gasteiger partial charge in [-0.2, -0.15) is 0 Å². The second kappa shape index (κ2) is 19.2. The van der Waals surface area contributed by atoms with Crippen molar-refractivity contribution in [1.82, 2.24) is 0 Å². The van der Waals surface area contributed by atoms with Crippen molar-refractivity contribution in [3.8, 4) is 0 Å². The van der Waals surface area contributed by atoms with Crippen LogP contribution in [0, 0.1) is 29.6 Å². The van der Waals surface area contributed by atoms with Crippen molar-refractivity contribution in [2.45, 2.75) is 187 Å². The highest BCUT2D eigenvalue weighted by molar-refractivity contribution is 5.78. The van der Waals surface area contributed by atoms with Crippen LogP contribution in [0.3, 0.4) is 0 Å². The van der Waals surface area contributed by atoms with Crippen LogP contribution in [0.15, 0.2) is 121 Å². The molecule has 0 spiro atoms.